The molecule has 0 spiro atoms. The summed E-state index contributed by atoms with van der Waals surface area (Å²) in [5.41, 5.74) is 0. The molecule has 7 aliphatic rings. The third-order valence-electron chi connectivity index (χ3n) is 20.0. The van der Waals surface area contributed by atoms with E-state index in [9.17, 15) is 0 Å². The van der Waals surface area contributed by atoms with E-state index < -0.39 is 171 Å². The second kappa shape index (κ2) is 36.4. The lowest BCUT2D eigenvalue weighted by Gasteiger charge is -2.61. The maximum atomic E-state index is 2.98. The molecule has 7 saturated heterocycles. The highest BCUT2D eigenvalue weighted by Crippen LogP contribution is 2.30. The Bertz CT molecular complexity index is 1590. The van der Waals surface area contributed by atoms with Gasteiger partial charge >= 0.3 is 0 Å². The molecular weight excluding hydrogens is 1340 g/mol. The average molecular weight is 1490 g/mol. The van der Waals surface area contributed by atoms with Crippen LogP contribution < -0.4 is 0 Å². The number of nitrogens with zero attached hydrogens (tertiary/aromatic N) is 14. The molecule has 0 aromatic rings. The van der Waals surface area contributed by atoms with Gasteiger partial charge in [0, 0.05) is 0 Å². The quantitative estimate of drug-likeness (QED) is 0.238. The minimum absolute atomic E-state index is 0.182. The maximum Gasteiger partial charge on any atom is 0.168 e. The first-order valence-electron chi connectivity index (χ1n) is 33.8. The molecule has 7 rings (SSSR count). The van der Waals surface area contributed by atoms with E-state index in [-0.39, 0.29) is 19.4 Å². The normalized spacial score (nSPS) is 34.0. The van der Waals surface area contributed by atoms with Gasteiger partial charge in [0.15, 0.2) is 128 Å². The van der Waals surface area contributed by atoms with E-state index in [1.54, 1.807) is 0 Å². The summed E-state index contributed by atoms with van der Waals surface area (Å²) < 4.78 is 40.5. The van der Waals surface area contributed by atoms with Crippen LogP contribution in [0.25, 0.3) is 0 Å². The SMILES string of the molecule is CC(C)N1[SiH](C)N([SiH](C)C)[SiH]1C.CC(C)N1[SiH](C)N([SiH](C)C)[SiH]1C.CC(C)N1[SiH](C)N([Si](C)(C)C)[SiH]1C.CCN1[SiH](C)N([SiH2]C)[SiH]1C.CCN1[SiH](C)N([SiH](C)C)[SiH]1C.CCN1[SiH](C)N([Si](C)(C)C)[SiH]1C.C[SiH2]N1[SiH](C)N(C(C)C)[SiH]1C. The average Bonchev–Trinajstić information content (AvgIpc) is 3.29. The molecule has 0 saturated carbocycles. The fourth-order valence-corrected chi connectivity index (χ4v) is 134. The Balaban J connectivity index is 0.000000473. The van der Waals surface area contributed by atoms with Crippen molar-refractivity contribution >= 4 is 190 Å². The van der Waals surface area contributed by atoms with Crippen molar-refractivity contribution in [3.8, 4) is 0 Å². The predicted molar refractivity (Wildman–Crippen MR) is 432 cm³/mol. The molecule has 81 heavy (non-hydrogen) atoms. The molecule has 7 fully saturated rings. The van der Waals surface area contributed by atoms with Crippen LogP contribution in [-0.4, -0.2) is 291 Å². The first-order chi connectivity index (χ1) is 37.0. The highest BCUT2D eigenvalue weighted by atomic mass is 28.5. The van der Waals surface area contributed by atoms with Gasteiger partial charge in [-0.15, -0.1) is 0 Å². The van der Waals surface area contributed by atoms with Crippen LogP contribution in [0.3, 0.4) is 0 Å². The Kier molecular flexibility index (Phi) is 37.3. The summed E-state index contributed by atoms with van der Waals surface area (Å²) in [7, 11) is -10.7. The Morgan fingerprint density at radius 2 is 0.506 bits per heavy atom. The van der Waals surface area contributed by atoms with Gasteiger partial charge in [0.05, 0.1) is 46.2 Å². The number of hydrogen-bond acceptors (Lipinski definition) is 14. The van der Waals surface area contributed by atoms with Crippen LogP contribution in [0.15, 0.2) is 0 Å². The summed E-state index contributed by atoms with van der Waals surface area (Å²) in [5, 5.41) is 0. The van der Waals surface area contributed by atoms with Gasteiger partial charge in [0.1, 0.15) is 16.5 Å². The van der Waals surface area contributed by atoms with Crippen molar-refractivity contribution in [2.75, 3.05) is 19.6 Å². The van der Waals surface area contributed by atoms with Crippen LogP contribution in [0, 0.1) is 0 Å². The first-order valence-corrected chi connectivity index (χ1v) is 83.9. The fraction of sp³-hybridized carbons (Fsp3) is 1.00. The molecule has 7 heterocycles. The third kappa shape index (κ3) is 20.5. The van der Waals surface area contributed by atoms with Gasteiger partial charge in [-0.25, -0.2) is 0 Å². The summed E-state index contributed by atoms with van der Waals surface area (Å²) in [4.78, 5) is 0. The van der Waals surface area contributed by atoms with Crippen LogP contribution in [-0.2, 0) is 0 Å². The van der Waals surface area contributed by atoms with Gasteiger partial charge in [0.2, 0.25) is 0 Å². The van der Waals surface area contributed by atoms with Crippen molar-refractivity contribution < 1.29 is 0 Å². The number of hydrogen-bond donors (Lipinski definition) is 0. The molecule has 7 aliphatic heterocycles. The van der Waals surface area contributed by atoms with Crippen molar-refractivity contribution in [1.82, 2.24) is 56.9 Å². The van der Waals surface area contributed by atoms with Crippen molar-refractivity contribution in [1.29, 1.82) is 0 Å². The van der Waals surface area contributed by atoms with Crippen molar-refractivity contribution in [2.24, 2.45) is 0 Å². The van der Waals surface area contributed by atoms with Crippen LogP contribution in [0.4, 0.5) is 0 Å². The zero-order chi connectivity index (χ0) is 63.7. The monoisotopic (exact) mass is 1480 g/mol. The molecule has 486 valence electrons. The van der Waals surface area contributed by atoms with E-state index in [1.165, 1.54) is 19.6 Å². The van der Waals surface area contributed by atoms with Crippen molar-refractivity contribution in [3.05, 3.63) is 0 Å². The maximum absolute atomic E-state index is 2.98. The third-order valence-corrected chi connectivity index (χ3v) is 139. The molecule has 0 aromatic heterocycles. The summed E-state index contributed by atoms with van der Waals surface area (Å²) in [6.45, 7) is 99.3. The Morgan fingerprint density at radius 1 is 0.309 bits per heavy atom. The Labute approximate surface area is 545 Å². The molecule has 14 unspecified atom stereocenters. The highest BCUT2D eigenvalue weighted by molar-refractivity contribution is 7.02. The highest BCUT2D eigenvalue weighted by Gasteiger charge is 2.51. The first kappa shape index (κ1) is 83.0. The fourth-order valence-electron chi connectivity index (χ4n) is 17.1. The molecule has 14 atom stereocenters. The van der Waals surface area contributed by atoms with Crippen LogP contribution >= 0.6 is 0 Å². The molecular formula is C46H148N14Si21. The lowest BCUT2D eigenvalue weighted by Crippen LogP contribution is -2.82. The summed E-state index contributed by atoms with van der Waals surface area (Å²) in [5.74, 6) is 0. The smallest absolute Gasteiger partial charge is 0.168 e. The topological polar surface area (TPSA) is 45.4 Å². The standard InChI is InChI=1S/C8H24N2Si3.3C7H22N2Si3.2C6H20N2Si3.C5H18N2Si3/c1-8(2)9-11(3)10(12(9)4)13(5,6)7;1-7-8-10(2)9(11(8)3)12(4,5)6;2*1-7(2)8-11(5)9(10(3)4)12(8)6;1-6-7-10(4)8(9(2)3)11(7)5;1-6(2)7-10(4)8(9-3)11(7)5;1-5-6-9(3)7(8-2)10(6)4/h8,11-12H,1-7H3;10-11H,7H2,1-6H3;2*7,10-12H,1-6H3;9-11H,6H2,1-5H3;6,10-11H,9H2,1-5H3;9-10H,5,8H2,1-4H3. The molecule has 0 N–H and O–H groups in total. The zero-order valence-electron chi connectivity index (χ0n) is 61.9. The lowest BCUT2D eigenvalue weighted by atomic mass is 10.4. The van der Waals surface area contributed by atoms with Crippen LogP contribution in [0.5, 0.6) is 0 Å². The van der Waals surface area contributed by atoms with E-state index >= 15 is 0 Å². The second-order valence-electron chi connectivity index (χ2n) is 28.9. The van der Waals surface area contributed by atoms with E-state index in [0.29, 0.717) is 0 Å². The largest absolute Gasteiger partial charge is 0.355 e. The van der Waals surface area contributed by atoms with E-state index in [4.69, 9.17) is 0 Å². The molecule has 14 nitrogen and oxygen atoms in total. The second-order valence-corrected chi connectivity index (χ2v) is 102. The van der Waals surface area contributed by atoms with E-state index in [0.717, 1.165) is 24.2 Å². The van der Waals surface area contributed by atoms with Crippen LogP contribution in [0.2, 0.25) is 183 Å². The molecule has 0 radical (unpaired) electrons. The van der Waals surface area contributed by atoms with Gasteiger partial charge in [0.25, 0.3) is 0 Å². The lowest BCUT2D eigenvalue weighted by molar-refractivity contribution is 0.443. The predicted octanol–water partition coefficient (Wildman–Crippen LogP) is 3.71. The van der Waals surface area contributed by atoms with Crippen LogP contribution in [0.1, 0.15) is 76.2 Å². The van der Waals surface area contributed by atoms with Gasteiger partial charge in [-0.1, -0.05) is 168 Å². The van der Waals surface area contributed by atoms with Gasteiger partial charge < -0.3 is 56.9 Å². The zero-order valence-corrected chi connectivity index (χ0v) is 86.4. The molecule has 0 amide bonds. The van der Waals surface area contributed by atoms with E-state index in [2.05, 4.69) is 316 Å². The number of rotatable bonds is 14. The van der Waals surface area contributed by atoms with E-state index in [1.807, 2.05) is 0 Å². The van der Waals surface area contributed by atoms with Gasteiger partial charge in [-0.3, -0.25) is 0 Å². The molecule has 0 bridgehead atoms. The minimum atomic E-state index is -0.973. The van der Waals surface area contributed by atoms with Crippen molar-refractivity contribution in [3.63, 3.8) is 0 Å². The Morgan fingerprint density at radius 3 is 0.728 bits per heavy atom. The van der Waals surface area contributed by atoms with Crippen molar-refractivity contribution in [2.45, 2.75) is 284 Å². The van der Waals surface area contributed by atoms with Gasteiger partial charge in [-0.05, 0) is 135 Å². The molecule has 35 heteroatoms. The molecule has 0 aromatic carbocycles. The molecule has 0 aliphatic carbocycles. The summed E-state index contributed by atoms with van der Waals surface area (Å²) in [6.07, 6.45) is 0. The minimum Gasteiger partial charge on any atom is -0.355 e. The Hall–Kier alpha value is 3.99. The summed E-state index contributed by atoms with van der Waals surface area (Å²) in [6, 6.07) is 3.26. The van der Waals surface area contributed by atoms with Gasteiger partial charge in [-0.2, -0.15) is 0 Å². The summed E-state index contributed by atoms with van der Waals surface area (Å²) >= 11 is 0.